The van der Waals surface area contributed by atoms with Gasteiger partial charge >= 0.3 is 5.97 Å². The smallest absolute Gasteiger partial charge is 0.326 e. The monoisotopic (exact) mass is 295 g/mol. The molecule has 8 nitrogen and oxygen atoms in total. The number of rotatable bonds is 6. The molecule has 1 aromatic rings. The predicted octanol–water partition coefficient (Wildman–Crippen LogP) is -0.560. The van der Waals surface area contributed by atoms with Crippen LogP contribution in [0.3, 0.4) is 0 Å². The fourth-order valence-corrected chi connectivity index (χ4v) is 1.91. The number of carbonyl (C=O) groups excluding carboxylic acids is 2. The van der Waals surface area contributed by atoms with Crippen LogP contribution in [0.2, 0.25) is 0 Å². The first-order valence-electron chi connectivity index (χ1n) is 6.25. The van der Waals surface area contributed by atoms with Crippen LogP contribution in [0, 0.1) is 13.8 Å². The Kier molecular flexibility index (Phi) is 5.23. The summed E-state index contributed by atoms with van der Waals surface area (Å²) in [4.78, 5) is 48.0. The van der Waals surface area contributed by atoms with Crippen LogP contribution in [0.4, 0.5) is 0 Å². The first-order valence-corrected chi connectivity index (χ1v) is 6.25. The molecule has 0 saturated heterocycles. The summed E-state index contributed by atoms with van der Waals surface area (Å²) >= 11 is 0. The zero-order chi connectivity index (χ0) is 16.2. The van der Waals surface area contributed by atoms with Crippen LogP contribution < -0.4 is 16.6 Å². The normalized spacial score (nSPS) is 11.7. The van der Waals surface area contributed by atoms with Crippen molar-refractivity contribution in [3.05, 3.63) is 33.2 Å². The number of hydrogen-bond donors (Lipinski definition) is 4. The van der Waals surface area contributed by atoms with Crippen molar-refractivity contribution < 1.29 is 19.5 Å². The number of amides is 2. The maximum atomic E-state index is 12.0. The van der Waals surface area contributed by atoms with Crippen LogP contribution in [0.25, 0.3) is 0 Å². The Morgan fingerprint density at radius 1 is 1.38 bits per heavy atom. The molecule has 5 N–H and O–H groups in total. The highest BCUT2D eigenvalue weighted by atomic mass is 16.4. The molecule has 21 heavy (non-hydrogen) atoms. The van der Waals surface area contributed by atoms with Gasteiger partial charge in [-0.25, -0.2) is 4.79 Å². The Labute approximate surface area is 120 Å². The summed E-state index contributed by atoms with van der Waals surface area (Å²) in [5.41, 5.74) is 5.24. The molecule has 1 atom stereocenters. The number of aromatic nitrogens is 1. The first-order chi connectivity index (χ1) is 9.72. The minimum Gasteiger partial charge on any atom is -0.480 e. The van der Waals surface area contributed by atoms with Crippen molar-refractivity contribution in [2.24, 2.45) is 5.73 Å². The quantitative estimate of drug-likeness (QED) is 0.556. The van der Waals surface area contributed by atoms with Gasteiger partial charge in [0.2, 0.25) is 5.91 Å². The number of carboxylic acid groups (broad SMARTS) is 1. The maximum Gasteiger partial charge on any atom is 0.326 e. The number of aliphatic carboxylic acids is 1. The Bertz CT molecular complexity index is 635. The van der Waals surface area contributed by atoms with E-state index in [0.717, 1.165) is 0 Å². The van der Waals surface area contributed by atoms with Gasteiger partial charge in [-0.2, -0.15) is 0 Å². The van der Waals surface area contributed by atoms with Gasteiger partial charge in [-0.1, -0.05) is 0 Å². The van der Waals surface area contributed by atoms with Gasteiger partial charge in [0.25, 0.3) is 11.5 Å². The van der Waals surface area contributed by atoms with E-state index >= 15 is 0 Å². The molecule has 0 radical (unpaired) electrons. The van der Waals surface area contributed by atoms with Crippen molar-refractivity contribution in [3.63, 3.8) is 0 Å². The summed E-state index contributed by atoms with van der Waals surface area (Å²) < 4.78 is 0. The largest absolute Gasteiger partial charge is 0.480 e. The molecule has 0 unspecified atom stereocenters. The molecule has 0 aromatic carbocycles. The molecule has 0 aliphatic carbocycles. The van der Waals surface area contributed by atoms with Crippen LogP contribution in [0.5, 0.6) is 0 Å². The van der Waals surface area contributed by atoms with Crippen molar-refractivity contribution in [2.45, 2.75) is 32.7 Å². The van der Waals surface area contributed by atoms with E-state index in [-0.39, 0.29) is 18.4 Å². The number of hydrogen-bond acceptors (Lipinski definition) is 4. The van der Waals surface area contributed by atoms with Crippen molar-refractivity contribution in [1.29, 1.82) is 0 Å². The van der Waals surface area contributed by atoms with Crippen molar-refractivity contribution in [1.82, 2.24) is 10.3 Å². The summed E-state index contributed by atoms with van der Waals surface area (Å²) in [5, 5.41) is 11.2. The van der Waals surface area contributed by atoms with Crippen LogP contribution in [-0.2, 0) is 9.59 Å². The number of carboxylic acids is 1. The van der Waals surface area contributed by atoms with E-state index in [1.165, 1.54) is 0 Å². The molecular formula is C13H17N3O5. The topological polar surface area (TPSA) is 142 Å². The summed E-state index contributed by atoms with van der Waals surface area (Å²) in [7, 11) is 0. The van der Waals surface area contributed by atoms with Crippen molar-refractivity contribution in [2.75, 3.05) is 0 Å². The second-order valence-corrected chi connectivity index (χ2v) is 4.71. The van der Waals surface area contributed by atoms with Crippen molar-refractivity contribution in [3.8, 4) is 0 Å². The van der Waals surface area contributed by atoms with Crippen molar-refractivity contribution >= 4 is 17.8 Å². The average Bonchev–Trinajstić information content (AvgIpc) is 2.32. The molecule has 114 valence electrons. The fourth-order valence-electron chi connectivity index (χ4n) is 1.91. The lowest BCUT2D eigenvalue weighted by Crippen LogP contribution is -2.43. The lowest BCUT2D eigenvalue weighted by atomic mass is 10.1. The maximum absolute atomic E-state index is 12.0. The minimum atomic E-state index is -1.30. The third-order valence-electron chi connectivity index (χ3n) is 2.88. The molecule has 0 aliphatic heterocycles. The highest BCUT2D eigenvalue weighted by molar-refractivity contribution is 5.97. The van der Waals surface area contributed by atoms with Gasteiger partial charge in [-0.15, -0.1) is 0 Å². The Morgan fingerprint density at radius 3 is 2.48 bits per heavy atom. The summed E-state index contributed by atoms with van der Waals surface area (Å²) in [6.07, 6.45) is -0.320. The lowest BCUT2D eigenvalue weighted by molar-refractivity contribution is -0.139. The number of aryl methyl sites for hydroxylation is 2. The average molecular weight is 295 g/mol. The zero-order valence-corrected chi connectivity index (χ0v) is 11.7. The summed E-state index contributed by atoms with van der Waals surface area (Å²) in [6, 6.07) is 0.320. The number of pyridine rings is 1. The molecule has 0 aliphatic rings. The second-order valence-electron chi connectivity index (χ2n) is 4.71. The third-order valence-corrected chi connectivity index (χ3v) is 2.88. The summed E-state index contributed by atoms with van der Waals surface area (Å²) in [5.74, 6) is -2.77. The van der Waals surface area contributed by atoms with Gasteiger partial charge in [0.1, 0.15) is 11.6 Å². The predicted molar refractivity (Wildman–Crippen MR) is 73.9 cm³/mol. The molecule has 0 saturated carbocycles. The molecular weight excluding hydrogens is 278 g/mol. The van der Waals surface area contributed by atoms with E-state index in [0.29, 0.717) is 11.3 Å². The molecule has 1 rings (SSSR count). The van der Waals surface area contributed by atoms with Gasteiger partial charge in [0.15, 0.2) is 0 Å². The molecule has 8 heteroatoms. The third kappa shape index (κ3) is 4.44. The number of primary amides is 1. The highest BCUT2D eigenvalue weighted by Crippen LogP contribution is 2.05. The number of H-pyrrole nitrogens is 1. The highest BCUT2D eigenvalue weighted by Gasteiger charge is 2.23. The lowest BCUT2D eigenvalue weighted by Gasteiger charge is -2.14. The van der Waals surface area contributed by atoms with E-state index in [4.69, 9.17) is 10.8 Å². The van der Waals surface area contributed by atoms with Crippen LogP contribution in [-0.4, -0.2) is 33.9 Å². The van der Waals surface area contributed by atoms with E-state index in [2.05, 4.69) is 10.3 Å². The minimum absolute atomic E-state index is 0.140. The molecule has 1 heterocycles. The second kappa shape index (κ2) is 6.69. The Hall–Kier alpha value is -2.64. The SMILES string of the molecule is Cc1cc(C)c(C(=O)N[C@H](CCC(N)=O)C(=O)O)c(=O)[nH]1. The molecule has 0 bridgehead atoms. The standard InChI is InChI=1S/C13H17N3O5/c1-6-5-7(2)15-11(18)10(6)12(19)16-8(13(20)21)3-4-9(14)17/h5,8H,3-4H2,1-2H3,(H2,14,17)(H,15,18)(H,16,19)(H,20,21)/t8-/m1/s1. The fraction of sp³-hybridized carbons (Fsp3) is 0.385. The van der Waals surface area contributed by atoms with Gasteiger partial charge < -0.3 is 21.1 Å². The zero-order valence-electron chi connectivity index (χ0n) is 11.7. The number of nitrogens with two attached hydrogens (primary N) is 1. The molecule has 0 spiro atoms. The number of aromatic amines is 1. The van der Waals surface area contributed by atoms with E-state index in [1.54, 1.807) is 19.9 Å². The van der Waals surface area contributed by atoms with Crippen LogP contribution in [0.1, 0.15) is 34.5 Å². The molecule has 1 aromatic heterocycles. The van der Waals surface area contributed by atoms with E-state index in [9.17, 15) is 19.2 Å². The van der Waals surface area contributed by atoms with Gasteiger partial charge in [-0.05, 0) is 31.9 Å². The first kappa shape index (κ1) is 16.4. The summed E-state index contributed by atoms with van der Waals surface area (Å²) in [6.45, 7) is 3.25. The Morgan fingerprint density at radius 2 is 2.00 bits per heavy atom. The number of carbonyl (C=O) groups is 3. The van der Waals surface area contributed by atoms with Gasteiger partial charge in [-0.3, -0.25) is 14.4 Å². The van der Waals surface area contributed by atoms with Gasteiger partial charge in [0, 0.05) is 12.1 Å². The van der Waals surface area contributed by atoms with Crippen LogP contribution >= 0.6 is 0 Å². The van der Waals surface area contributed by atoms with E-state index in [1.807, 2.05) is 0 Å². The van der Waals surface area contributed by atoms with Gasteiger partial charge in [0.05, 0.1) is 0 Å². The Balaban J connectivity index is 2.95. The molecule has 0 fully saturated rings. The van der Waals surface area contributed by atoms with Crippen LogP contribution in [0.15, 0.2) is 10.9 Å². The van der Waals surface area contributed by atoms with E-state index < -0.39 is 29.4 Å². The number of nitrogens with one attached hydrogen (secondary N) is 2. The molecule has 2 amide bonds.